The number of benzene rings is 1. The molecule has 3 nitrogen and oxygen atoms in total. The van der Waals surface area contributed by atoms with Crippen LogP contribution in [0.4, 0.5) is 0 Å². The topological polar surface area (TPSA) is 30.7 Å². The fourth-order valence-electron chi connectivity index (χ4n) is 3.80. The second-order valence-corrected chi connectivity index (χ2v) is 7.78. The molecule has 1 aliphatic heterocycles. The Morgan fingerprint density at radius 3 is 2.52 bits per heavy atom. The van der Waals surface area contributed by atoms with E-state index in [9.17, 15) is 4.79 Å². The van der Waals surface area contributed by atoms with Crippen molar-refractivity contribution in [1.29, 1.82) is 0 Å². The minimum Gasteiger partial charge on any atom is -0.390 e. The number of carbonyl (C=O) groups excluding carboxylic acids is 1. The maximum absolute atomic E-state index is 12.7. The minimum atomic E-state index is -0.0809. The molecule has 23 heavy (non-hydrogen) atoms. The molecule has 1 aliphatic carbocycles. The summed E-state index contributed by atoms with van der Waals surface area (Å²) in [6.45, 7) is 2.28. The van der Waals surface area contributed by atoms with Gasteiger partial charge >= 0.3 is 5.97 Å². The Kier molecular flexibility index (Phi) is 6.97. The molecule has 128 valence electrons. The third kappa shape index (κ3) is 4.74. The lowest BCUT2D eigenvalue weighted by atomic mass is 9.85. The molecule has 1 saturated carbocycles. The third-order valence-electron chi connectivity index (χ3n) is 5.02. The summed E-state index contributed by atoms with van der Waals surface area (Å²) in [5, 5.41) is 0.462. The molecule has 2 aliphatic rings. The highest BCUT2D eigenvalue weighted by atomic mass is 32.2. The number of rotatable bonds is 5. The van der Waals surface area contributed by atoms with Gasteiger partial charge in [0.05, 0.1) is 43.3 Å². The van der Waals surface area contributed by atoms with Gasteiger partial charge in [-0.2, -0.15) is 0 Å². The standard InChI is InChI=1S/C18H25NO2S.CH4/c1-19-12-11-16(13-19)22-21-18(20)17(15-9-5-6-10-15)14-7-3-2-4-8-14;/h2-4,7-8,15-17H,5-6,9-13H2,1H3;1H4/p+1. The molecule has 2 fully saturated rings. The van der Waals surface area contributed by atoms with E-state index in [1.165, 1.54) is 36.3 Å². The van der Waals surface area contributed by atoms with Gasteiger partial charge < -0.3 is 9.08 Å². The summed E-state index contributed by atoms with van der Waals surface area (Å²) in [4.78, 5) is 14.3. The van der Waals surface area contributed by atoms with Gasteiger partial charge in [-0.1, -0.05) is 50.6 Å². The Balaban J connectivity index is 0.00000192. The fourth-order valence-corrected chi connectivity index (χ4v) is 4.70. The first-order chi connectivity index (χ1) is 10.7. The number of hydrogen-bond donors (Lipinski definition) is 1. The fraction of sp³-hybridized carbons (Fsp3) is 0.632. The van der Waals surface area contributed by atoms with Gasteiger partial charge in [-0.3, -0.25) is 4.79 Å². The molecule has 1 heterocycles. The lowest BCUT2D eigenvalue weighted by Crippen LogP contribution is -3.07. The Hall–Kier alpha value is -1.00. The van der Waals surface area contributed by atoms with E-state index in [1.54, 1.807) is 0 Å². The molecule has 1 aromatic rings. The van der Waals surface area contributed by atoms with Crippen molar-refractivity contribution in [3.05, 3.63) is 35.9 Å². The molecule has 3 atom stereocenters. The highest BCUT2D eigenvalue weighted by molar-refractivity contribution is 7.95. The van der Waals surface area contributed by atoms with Crippen LogP contribution in [-0.4, -0.2) is 31.4 Å². The monoisotopic (exact) mass is 336 g/mol. The van der Waals surface area contributed by atoms with Crippen molar-refractivity contribution < 1.29 is 13.9 Å². The molecule has 1 aromatic carbocycles. The second-order valence-electron chi connectivity index (χ2n) is 6.75. The Morgan fingerprint density at radius 2 is 1.91 bits per heavy atom. The first-order valence-electron chi connectivity index (χ1n) is 8.47. The molecule has 0 aromatic heterocycles. The van der Waals surface area contributed by atoms with Crippen molar-refractivity contribution >= 4 is 18.0 Å². The molecular weight excluding hydrogens is 306 g/mol. The SMILES string of the molecule is C.C[NH+]1CCC(SOC(=O)C(c2ccccc2)C2CCCC2)C1. The van der Waals surface area contributed by atoms with E-state index in [-0.39, 0.29) is 19.3 Å². The van der Waals surface area contributed by atoms with E-state index in [4.69, 9.17) is 4.18 Å². The maximum atomic E-state index is 12.7. The van der Waals surface area contributed by atoms with Crippen molar-refractivity contribution in [1.82, 2.24) is 0 Å². The molecule has 0 amide bonds. The van der Waals surface area contributed by atoms with Crippen LogP contribution in [0.25, 0.3) is 0 Å². The van der Waals surface area contributed by atoms with Gasteiger partial charge in [-0.15, -0.1) is 0 Å². The third-order valence-corrected chi connectivity index (χ3v) is 5.95. The molecule has 0 radical (unpaired) electrons. The van der Waals surface area contributed by atoms with E-state index in [1.807, 2.05) is 18.2 Å². The van der Waals surface area contributed by atoms with Crippen LogP contribution in [0, 0.1) is 5.92 Å². The number of likely N-dealkylation sites (tertiary alicyclic amines) is 1. The van der Waals surface area contributed by atoms with Crippen LogP contribution in [0.5, 0.6) is 0 Å². The molecule has 0 spiro atoms. The van der Waals surface area contributed by atoms with Gasteiger partial charge in [0.2, 0.25) is 0 Å². The first kappa shape index (κ1) is 18.3. The van der Waals surface area contributed by atoms with Crippen molar-refractivity contribution in [2.24, 2.45) is 5.92 Å². The number of hydrogen-bond acceptors (Lipinski definition) is 3. The lowest BCUT2D eigenvalue weighted by Gasteiger charge is -2.22. The molecule has 0 bridgehead atoms. The maximum Gasteiger partial charge on any atom is 0.325 e. The quantitative estimate of drug-likeness (QED) is 0.838. The highest BCUT2D eigenvalue weighted by Crippen LogP contribution is 2.39. The zero-order valence-electron chi connectivity index (χ0n) is 13.3. The molecule has 1 N–H and O–H groups in total. The normalized spacial score (nSPS) is 25.8. The highest BCUT2D eigenvalue weighted by Gasteiger charge is 2.34. The van der Waals surface area contributed by atoms with Crippen molar-refractivity contribution in [2.45, 2.75) is 50.7 Å². The van der Waals surface area contributed by atoms with Crippen LogP contribution >= 0.6 is 12.0 Å². The van der Waals surface area contributed by atoms with Crippen LogP contribution in [0.1, 0.15) is 51.0 Å². The molecule has 4 heteroatoms. The van der Waals surface area contributed by atoms with Gasteiger partial charge in [-0.05, 0) is 24.3 Å². The van der Waals surface area contributed by atoms with Gasteiger partial charge in [-0.25, -0.2) is 0 Å². The van der Waals surface area contributed by atoms with E-state index < -0.39 is 0 Å². The summed E-state index contributed by atoms with van der Waals surface area (Å²) in [7, 11) is 2.20. The van der Waals surface area contributed by atoms with Gasteiger partial charge in [0.15, 0.2) is 0 Å². The molecule has 3 unspecified atom stereocenters. The van der Waals surface area contributed by atoms with Crippen molar-refractivity contribution in [3.63, 3.8) is 0 Å². The van der Waals surface area contributed by atoms with Crippen molar-refractivity contribution in [3.8, 4) is 0 Å². The zero-order valence-corrected chi connectivity index (χ0v) is 14.1. The summed E-state index contributed by atoms with van der Waals surface area (Å²) in [5.41, 5.74) is 1.12. The summed E-state index contributed by atoms with van der Waals surface area (Å²) in [5.74, 6) is 0.336. The Labute approximate surface area is 145 Å². The van der Waals surface area contributed by atoms with Crippen LogP contribution in [0.3, 0.4) is 0 Å². The Bertz CT molecular complexity index is 487. The summed E-state index contributed by atoms with van der Waals surface area (Å²) < 4.78 is 5.67. The van der Waals surface area contributed by atoms with E-state index in [0.29, 0.717) is 11.2 Å². The van der Waals surface area contributed by atoms with E-state index in [2.05, 4.69) is 19.2 Å². The largest absolute Gasteiger partial charge is 0.390 e. The average Bonchev–Trinajstić information content (AvgIpc) is 3.18. The average molecular weight is 337 g/mol. The lowest BCUT2D eigenvalue weighted by molar-refractivity contribution is -0.865. The van der Waals surface area contributed by atoms with Gasteiger partial charge in [0, 0.05) is 6.42 Å². The predicted octanol–water partition coefficient (Wildman–Crippen LogP) is 3.07. The zero-order chi connectivity index (χ0) is 15.4. The smallest absolute Gasteiger partial charge is 0.325 e. The second kappa shape index (κ2) is 8.74. The number of carbonyl (C=O) groups is 1. The number of quaternary nitrogens is 1. The number of nitrogens with one attached hydrogen (secondary N) is 1. The summed E-state index contributed by atoms with van der Waals surface area (Å²) in [6.07, 6.45) is 5.92. The van der Waals surface area contributed by atoms with E-state index >= 15 is 0 Å². The van der Waals surface area contributed by atoms with Crippen LogP contribution in [-0.2, 0) is 8.98 Å². The molecule has 3 rings (SSSR count). The van der Waals surface area contributed by atoms with E-state index in [0.717, 1.165) is 31.4 Å². The summed E-state index contributed by atoms with van der Waals surface area (Å²) >= 11 is 1.41. The van der Waals surface area contributed by atoms with Crippen LogP contribution in [0.15, 0.2) is 30.3 Å². The minimum absolute atomic E-state index is 0. The van der Waals surface area contributed by atoms with Gasteiger partial charge in [0.1, 0.15) is 0 Å². The summed E-state index contributed by atoms with van der Waals surface area (Å²) in [6, 6.07) is 10.2. The van der Waals surface area contributed by atoms with Crippen molar-refractivity contribution in [2.75, 3.05) is 20.1 Å². The van der Waals surface area contributed by atoms with Crippen LogP contribution < -0.4 is 4.90 Å². The predicted molar refractivity (Wildman–Crippen MR) is 96.6 cm³/mol. The van der Waals surface area contributed by atoms with Gasteiger partial charge in [0.25, 0.3) is 0 Å². The molecule has 1 saturated heterocycles. The van der Waals surface area contributed by atoms with Crippen LogP contribution in [0.2, 0.25) is 0 Å². The molecular formula is C19H30NO2S+. The Morgan fingerprint density at radius 1 is 1.22 bits per heavy atom. The first-order valence-corrected chi connectivity index (χ1v) is 9.28.